The lowest BCUT2D eigenvalue weighted by Crippen LogP contribution is -2.09. The number of nitrogens with zero attached hydrogens (tertiary/aromatic N) is 2. The third kappa shape index (κ3) is 3.44. The number of carbonyl (C=O) groups is 1. The standard InChI is InChI=1S/C12H7F4N3O2/c13-8-2-1-6(3-7(8)12(14,15)16)18-10-5-17-4-9(19-10)11(20)21/h1-5H,(H,18,19)(H,20,21). The highest BCUT2D eigenvalue weighted by atomic mass is 19.4. The Hall–Kier alpha value is -2.71. The number of rotatable bonds is 3. The van der Waals surface area contributed by atoms with E-state index in [2.05, 4.69) is 15.3 Å². The number of nitrogens with one attached hydrogen (secondary N) is 1. The Morgan fingerprint density at radius 2 is 1.95 bits per heavy atom. The molecule has 0 aliphatic rings. The number of hydrogen-bond acceptors (Lipinski definition) is 4. The summed E-state index contributed by atoms with van der Waals surface area (Å²) in [5, 5.41) is 11.2. The number of carboxylic acid groups (broad SMARTS) is 1. The third-order valence-corrected chi connectivity index (χ3v) is 2.40. The molecule has 1 aromatic heterocycles. The molecule has 0 bridgehead atoms. The molecule has 0 aliphatic carbocycles. The molecule has 2 aromatic rings. The predicted molar refractivity (Wildman–Crippen MR) is 63.7 cm³/mol. The second kappa shape index (κ2) is 5.35. The zero-order valence-corrected chi connectivity index (χ0v) is 10.1. The first-order chi connectivity index (χ1) is 9.77. The Labute approximate surface area is 115 Å². The number of aromatic carboxylic acids is 1. The molecule has 2 N–H and O–H groups in total. The van der Waals surface area contributed by atoms with Crippen molar-refractivity contribution in [3.05, 3.63) is 47.7 Å². The smallest absolute Gasteiger partial charge is 0.419 e. The number of alkyl halides is 3. The molecule has 0 spiro atoms. The van der Waals surface area contributed by atoms with Crippen molar-refractivity contribution in [3.8, 4) is 0 Å². The van der Waals surface area contributed by atoms with Gasteiger partial charge in [0, 0.05) is 5.69 Å². The topological polar surface area (TPSA) is 75.1 Å². The molecule has 0 saturated heterocycles. The van der Waals surface area contributed by atoms with Gasteiger partial charge in [-0.1, -0.05) is 0 Å². The van der Waals surface area contributed by atoms with Crippen LogP contribution < -0.4 is 5.32 Å². The Morgan fingerprint density at radius 3 is 2.57 bits per heavy atom. The largest absolute Gasteiger partial charge is 0.476 e. The van der Waals surface area contributed by atoms with Gasteiger partial charge in [0.15, 0.2) is 5.69 Å². The van der Waals surface area contributed by atoms with Gasteiger partial charge in [-0.3, -0.25) is 4.98 Å². The highest BCUT2D eigenvalue weighted by molar-refractivity contribution is 5.85. The molecule has 1 aromatic carbocycles. The van der Waals surface area contributed by atoms with Crippen LogP contribution in [0.4, 0.5) is 29.1 Å². The molecule has 1 heterocycles. The maximum atomic E-state index is 13.1. The van der Waals surface area contributed by atoms with E-state index in [4.69, 9.17) is 5.11 Å². The SMILES string of the molecule is O=C(O)c1cncc(Nc2ccc(F)c(C(F)(F)F)c2)n1. The van der Waals surface area contributed by atoms with Crippen molar-refractivity contribution in [1.82, 2.24) is 9.97 Å². The van der Waals surface area contributed by atoms with E-state index < -0.39 is 23.5 Å². The van der Waals surface area contributed by atoms with Crippen LogP contribution in [0.2, 0.25) is 0 Å². The summed E-state index contributed by atoms with van der Waals surface area (Å²) in [6, 6.07) is 2.28. The summed E-state index contributed by atoms with van der Waals surface area (Å²) in [6.45, 7) is 0. The van der Waals surface area contributed by atoms with E-state index in [0.717, 1.165) is 18.5 Å². The molecule has 21 heavy (non-hydrogen) atoms. The van der Waals surface area contributed by atoms with Crippen LogP contribution in [-0.2, 0) is 6.18 Å². The minimum absolute atomic E-state index is 0.0744. The second-order valence-electron chi connectivity index (χ2n) is 3.91. The fraction of sp³-hybridized carbons (Fsp3) is 0.0833. The van der Waals surface area contributed by atoms with Gasteiger partial charge in [0.25, 0.3) is 0 Å². The Morgan fingerprint density at radius 1 is 1.24 bits per heavy atom. The molecule has 0 fully saturated rings. The van der Waals surface area contributed by atoms with Crippen molar-refractivity contribution >= 4 is 17.5 Å². The number of carboxylic acids is 1. The molecule has 110 valence electrons. The molecule has 0 atom stereocenters. The zero-order chi connectivity index (χ0) is 15.6. The highest BCUT2D eigenvalue weighted by Crippen LogP contribution is 2.33. The van der Waals surface area contributed by atoms with Crippen molar-refractivity contribution in [2.75, 3.05) is 5.32 Å². The summed E-state index contributed by atoms with van der Waals surface area (Å²) in [7, 11) is 0. The number of benzene rings is 1. The van der Waals surface area contributed by atoms with E-state index in [1.54, 1.807) is 0 Å². The van der Waals surface area contributed by atoms with Crippen molar-refractivity contribution in [1.29, 1.82) is 0 Å². The maximum Gasteiger partial charge on any atom is 0.419 e. The van der Waals surface area contributed by atoms with E-state index in [-0.39, 0.29) is 17.2 Å². The Balaban J connectivity index is 2.32. The van der Waals surface area contributed by atoms with Crippen LogP contribution in [0, 0.1) is 5.82 Å². The highest BCUT2D eigenvalue weighted by Gasteiger charge is 2.34. The number of hydrogen-bond donors (Lipinski definition) is 2. The number of anilines is 2. The first-order valence-electron chi connectivity index (χ1n) is 5.46. The first-order valence-corrected chi connectivity index (χ1v) is 5.46. The van der Waals surface area contributed by atoms with Gasteiger partial charge in [-0.05, 0) is 18.2 Å². The second-order valence-corrected chi connectivity index (χ2v) is 3.91. The average Bonchev–Trinajstić information content (AvgIpc) is 2.40. The molecule has 9 heteroatoms. The molecule has 0 aliphatic heterocycles. The lowest BCUT2D eigenvalue weighted by molar-refractivity contribution is -0.139. The monoisotopic (exact) mass is 301 g/mol. The molecule has 5 nitrogen and oxygen atoms in total. The van der Waals surface area contributed by atoms with Crippen LogP contribution in [0.15, 0.2) is 30.6 Å². The molecule has 0 amide bonds. The van der Waals surface area contributed by atoms with Crippen LogP contribution in [0.3, 0.4) is 0 Å². The molecular formula is C12H7F4N3O2. The fourth-order valence-electron chi connectivity index (χ4n) is 1.50. The van der Waals surface area contributed by atoms with Gasteiger partial charge in [0.05, 0.1) is 18.0 Å². The first kappa shape index (κ1) is 14.7. The van der Waals surface area contributed by atoms with Crippen molar-refractivity contribution in [2.24, 2.45) is 0 Å². The van der Waals surface area contributed by atoms with Crippen molar-refractivity contribution in [3.63, 3.8) is 0 Å². The van der Waals surface area contributed by atoms with Crippen LogP contribution in [0.25, 0.3) is 0 Å². The summed E-state index contributed by atoms with van der Waals surface area (Å²) in [5.41, 5.74) is -1.91. The molecule has 0 saturated carbocycles. The van der Waals surface area contributed by atoms with Crippen molar-refractivity contribution in [2.45, 2.75) is 6.18 Å². The molecule has 2 rings (SSSR count). The van der Waals surface area contributed by atoms with E-state index in [9.17, 15) is 22.4 Å². The summed E-state index contributed by atoms with van der Waals surface area (Å²) in [4.78, 5) is 17.9. The fourth-order valence-corrected chi connectivity index (χ4v) is 1.50. The molecular weight excluding hydrogens is 294 g/mol. The summed E-state index contributed by atoms with van der Waals surface area (Å²) >= 11 is 0. The summed E-state index contributed by atoms with van der Waals surface area (Å²) in [6.07, 6.45) is -2.72. The minimum Gasteiger partial charge on any atom is -0.476 e. The van der Waals surface area contributed by atoms with Gasteiger partial charge in [-0.2, -0.15) is 13.2 Å². The Bertz CT molecular complexity index is 688. The van der Waals surface area contributed by atoms with E-state index in [1.165, 1.54) is 0 Å². The lowest BCUT2D eigenvalue weighted by atomic mass is 10.2. The quantitative estimate of drug-likeness (QED) is 0.852. The zero-order valence-electron chi connectivity index (χ0n) is 10.1. The van der Waals surface area contributed by atoms with Crippen molar-refractivity contribution < 1.29 is 27.5 Å². The maximum absolute atomic E-state index is 13.1. The van der Waals surface area contributed by atoms with E-state index in [0.29, 0.717) is 12.1 Å². The third-order valence-electron chi connectivity index (χ3n) is 2.40. The van der Waals surface area contributed by atoms with Gasteiger partial charge in [0.1, 0.15) is 11.6 Å². The molecule has 0 unspecified atom stereocenters. The van der Waals surface area contributed by atoms with Gasteiger partial charge in [0.2, 0.25) is 0 Å². The summed E-state index contributed by atoms with van der Waals surface area (Å²) in [5.74, 6) is -2.81. The van der Waals surface area contributed by atoms with Crippen LogP contribution in [-0.4, -0.2) is 21.0 Å². The van der Waals surface area contributed by atoms with E-state index >= 15 is 0 Å². The van der Waals surface area contributed by atoms with Crippen LogP contribution in [0.1, 0.15) is 16.1 Å². The average molecular weight is 301 g/mol. The molecule has 0 radical (unpaired) electrons. The number of aromatic nitrogens is 2. The van der Waals surface area contributed by atoms with E-state index in [1.807, 2.05) is 0 Å². The number of halogens is 4. The van der Waals surface area contributed by atoms with Gasteiger partial charge < -0.3 is 10.4 Å². The Kier molecular flexibility index (Phi) is 3.74. The normalized spacial score (nSPS) is 11.2. The summed E-state index contributed by atoms with van der Waals surface area (Å²) < 4.78 is 50.8. The minimum atomic E-state index is -4.84. The predicted octanol–water partition coefficient (Wildman–Crippen LogP) is 3.08. The van der Waals surface area contributed by atoms with Crippen LogP contribution >= 0.6 is 0 Å². The van der Waals surface area contributed by atoms with Gasteiger partial charge in [-0.25, -0.2) is 14.2 Å². The van der Waals surface area contributed by atoms with Gasteiger partial charge >= 0.3 is 12.1 Å². The van der Waals surface area contributed by atoms with Gasteiger partial charge in [-0.15, -0.1) is 0 Å². The van der Waals surface area contributed by atoms with Crippen LogP contribution in [0.5, 0.6) is 0 Å². The lowest BCUT2D eigenvalue weighted by Gasteiger charge is -2.11.